The van der Waals surface area contributed by atoms with Gasteiger partial charge in [-0.15, -0.1) is 0 Å². The second-order valence-electron chi connectivity index (χ2n) is 5.76. The fourth-order valence-corrected chi connectivity index (χ4v) is 2.85. The second-order valence-corrected chi connectivity index (χ2v) is 5.76. The van der Waals surface area contributed by atoms with Crippen LogP contribution in [-0.2, 0) is 11.3 Å². The van der Waals surface area contributed by atoms with Crippen LogP contribution >= 0.6 is 0 Å². The number of H-pyrrole nitrogens is 1. The molecule has 116 valence electrons. The minimum atomic E-state index is 0.00558. The number of carbonyl (C=O) groups excluding carboxylic acids is 1. The molecule has 0 radical (unpaired) electrons. The van der Waals surface area contributed by atoms with Gasteiger partial charge in [0, 0.05) is 24.6 Å². The Morgan fingerprint density at radius 3 is 3.18 bits per heavy atom. The summed E-state index contributed by atoms with van der Waals surface area (Å²) in [4.78, 5) is 26.4. The lowest BCUT2D eigenvalue weighted by Crippen LogP contribution is -2.40. The summed E-state index contributed by atoms with van der Waals surface area (Å²) < 4.78 is 0. The molecule has 0 spiro atoms. The van der Waals surface area contributed by atoms with Crippen molar-refractivity contribution in [1.82, 2.24) is 19.9 Å². The van der Waals surface area contributed by atoms with Gasteiger partial charge >= 0.3 is 0 Å². The Labute approximate surface area is 130 Å². The van der Waals surface area contributed by atoms with Gasteiger partial charge in [-0.2, -0.15) is 0 Å². The number of imidazole rings is 1. The Morgan fingerprint density at radius 2 is 2.41 bits per heavy atom. The molecule has 1 fully saturated rings. The smallest absolute Gasteiger partial charge is 0.229 e. The van der Waals surface area contributed by atoms with Gasteiger partial charge in [-0.05, 0) is 38.4 Å². The maximum absolute atomic E-state index is 12.4. The van der Waals surface area contributed by atoms with Crippen LogP contribution in [-0.4, -0.2) is 38.8 Å². The van der Waals surface area contributed by atoms with Crippen LogP contribution in [0.4, 0.5) is 5.82 Å². The van der Waals surface area contributed by atoms with Gasteiger partial charge < -0.3 is 10.3 Å². The Hall–Kier alpha value is -2.21. The zero-order valence-corrected chi connectivity index (χ0v) is 12.7. The summed E-state index contributed by atoms with van der Waals surface area (Å²) in [6.45, 7) is 4.45. The number of pyridine rings is 1. The maximum atomic E-state index is 12.4. The van der Waals surface area contributed by atoms with Gasteiger partial charge in [0.25, 0.3) is 0 Å². The van der Waals surface area contributed by atoms with Crippen molar-refractivity contribution in [1.29, 1.82) is 0 Å². The van der Waals surface area contributed by atoms with Crippen molar-refractivity contribution in [2.45, 2.75) is 26.3 Å². The Balaban J connectivity index is 1.58. The third-order valence-corrected chi connectivity index (χ3v) is 3.94. The number of piperidine rings is 1. The van der Waals surface area contributed by atoms with Gasteiger partial charge in [-0.1, -0.05) is 6.07 Å². The number of nitrogens with zero attached hydrogens (tertiary/aromatic N) is 3. The molecule has 22 heavy (non-hydrogen) atoms. The highest BCUT2D eigenvalue weighted by atomic mass is 16.2. The Kier molecular flexibility index (Phi) is 4.48. The van der Waals surface area contributed by atoms with E-state index in [4.69, 9.17) is 0 Å². The molecular formula is C16H21N5O. The molecule has 0 aromatic carbocycles. The van der Waals surface area contributed by atoms with E-state index in [2.05, 4.69) is 25.2 Å². The number of nitrogens with one attached hydrogen (secondary N) is 2. The van der Waals surface area contributed by atoms with Crippen LogP contribution in [0.15, 0.2) is 30.6 Å². The van der Waals surface area contributed by atoms with Gasteiger partial charge in [0.1, 0.15) is 11.6 Å². The van der Waals surface area contributed by atoms with E-state index < -0.39 is 0 Å². The molecule has 2 N–H and O–H groups in total. The van der Waals surface area contributed by atoms with E-state index >= 15 is 0 Å². The molecule has 3 rings (SSSR count). The van der Waals surface area contributed by atoms with Crippen molar-refractivity contribution in [2.75, 3.05) is 18.4 Å². The van der Waals surface area contributed by atoms with Crippen LogP contribution in [0.3, 0.4) is 0 Å². The first-order chi connectivity index (χ1) is 10.7. The number of carbonyl (C=O) groups is 1. The molecular weight excluding hydrogens is 278 g/mol. The van der Waals surface area contributed by atoms with Crippen molar-refractivity contribution >= 4 is 11.7 Å². The molecule has 3 heterocycles. The molecule has 2 aromatic rings. The summed E-state index contributed by atoms with van der Waals surface area (Å²) in [6.07, 6.45) is 5.53. The van der Waals surface area contributed by atoms with E-state index in [0.29, 0.717) is 5.82 Å². The van der Waals surface area contributed by atoms with Crippen molar-refractivity contribution in [3.05, 3.63) is 42.1 Å². The first-order valence-electron chi connectivity index (χ1n) is 7.66. The number of anilines is 1. The summed E-state index contributed by atoms with van der Waals surface area (Å²) in [5.74, 6) is 1.64. The topological polar surface area (TPSA) is 73.9 Å². The predicted molar refractivity (Wildman–Crippen MR) is 84.2 cm³/mol. The van der Waals surface area contributed by atoms with Crippen LogP contribution in [0.2, 0.25) is 0 Å². The maximum Gasteiger partial charge on any atom is 0.229 e. The quantitative estimate of drug-likeness (QED) is 0.905. The number of likely N-dealkylation sites (tertiary alicyclic amines) is 1. The van der Waals surface area contributed by atoms with Crippen LogP contribution in [0.5, 0.6) is 0 Å². The van der Waals surface area contributed by atoms with E-state index in [1.165, 1.54) is 0 Å². The molecule has 1 atom stereocenters. The lowest BCUT2D eigenvalue weighted by Gasteiger charge is -2.31. The Morgan fingerprint density at radius 1 is 1.50 bits per heavy atom. The predicted octanol–water partition coefficient (Wildman–Crippen LogP) is 1.96. The van der Waals surface area contributed by atoms with Crippen molar-refractivity contribution in [3.8, 4) is 0 Å². The number of aromatic nitrogens is 3. The van der Waals surface area contributed by atoms with E-state index in [0.717, 1.165) is 44.0 Å². The number of aromatic amines is 1. The number of hydrogen-bond donors (Lipinski definition) is 2. The van der Waals surface area contributed by atoms with Crippen LogP contribution in [0.25, 0.3) is 0 Å². The van der Waals surface area contributed by atoms with E-state index in [1.54, 1.807) is 6.20 Å². The third-order valence-electron chi connectivity index (χ3n) is 3.94. The first-order valence-corrected chi connectivity index (χ1v) is 7.66. The summed E-state index contributed by atoms with van der Waals surface area (Å²) in [5, 5.41) is 2.93. The third kappa shape index (κ3) is 3.71. The lowest BCUT2D eigenvalue weighted by atomic mass is 9.97. The highest BCUT2D eigenvalue weighted by molar-refractivity contribution is 5.91. The van der Waals surface area contributed by atoms with Gasteiger partial charge in [0.05, 0.1) is 12.5 Å². The van der Waals surface area contributed by atoms with Gasteiger partial charge in [-0.3, -0.25) is 9.69 Å². The molecule has 1 aliphatic heterocycles. The average Bonchev–Trinajstić information content (AvgIpc) is 3.00. The zero-order chi connectivity index (χ0) is 15.4. The molecule has 0 bridgehead atoms. The molecule has 6 nitrogen and oxygen atoms in total. The van der Waals surface area contributed by atoms with E-state index in [-0.39, 0.29) is 11.8 Å². The van der Waals surface area contributed by atoms with Crippen LogP contribution in [0, 0.1) is 12.8 Å². The highest BCUT2D eigenvalue weighted by Crippen LogP contribution is 2.19. The fraction of sp³-hybridized carbons (Fsp3) is 0.438. The van der Waals surface area contributed by atoms with Crippen molar-refractivity contribution < 1.29 is 4.79 Å². The minimum Gasteiger partial charge on any atom is -0.348 e. The average molecular weight is 299 g/mol. The number of hydrogen-bond acceptors (Lipinski definition) is 4. The number of aryl methyl sites for hydroxylation is 1. The first kappa shape index (κ1) is 14.7. The molecule has 1 unspecified atom stereocenters. The standard InChI is InChI=1S/C16H21N5O/c1-12-4-2-6-14(19-12)20-16(22)13-5-3-9-21(10-13)11-15-17-7-8-18-15/h2,4,6-8,13H,3,5,9-11H2,1H3,(H,17,18)(H,19,20,22). The second kappa shape index (κ2) is 6.70. The normalized spacial score (nSPS) is 19.0. The number of amides is 1. The van der Waals surface area contributed by atoms with E-state index in [1.807, 2.05) is 31.3 Å². The van der Waals surface area contributed by atoms with Crippen LogP contribution in [0.1, 0.15) is 24.4 Å². The molecule has 0 aliphatic carbocycles. The minimum absolute atomic E-state index is 0.00558. The number of rotatable bonds is 4. The molecule has 6 heteroatoms. The van der Waals surface area contributed by atoms with Gasteiger partial charge in [0.15, 0.2) is 0 Å². The molecule has 0 saturated carbocycles. The SMILES string of the molecule is Cc1cccc(NC(=O)C2CCCN(Cc3ncc[nH]3)C2)n1. The molecule has 1 saturated heterocycles. The Bertz CT molecular complexity index is 625. The van der Waals surface area contributed by atoms with E-state index in [9.17, 15) is 4.79 Å². The largest absolute Gasteiger partial charge is 0.348 e. The monoisotopic (exact) mass is 299 g/mol. The summed E-state index contributed by atoms with van der Waals surface area (Å²) >= 11 is 0. The molecule has 2 aromatic heterocycles. The summed E-state index contributed by atoms with van der Waals surface area (Å²) in [6, 6.07) is 5.65. The van der Waals surface area contributed by atoms with Gasteiger partial charge in [0.2, 0.25) is 5.91 Å². The summed E-state index contributed by atoms with van der Waals surface area (Å²) in [5.41, 5.74) is 0.904. The van der Waals surface area contributed by atoms with Gasteiger partial charge in [-0.25, -0.2) is 9.97 Å². The van der Waals surface area contributed by atoms with Crippen molar-refractivity contribution in [3.63, 3.8) is 0 Å². The molecule has 1 aliphatic rings. The fourth-order valence-electron chi connectivity index (χ4n) is 2.85. The zero-order valence-electron chi connectivity index (χ0n) is 12.7. The summed E-state index contributed by atoms with van der Waals surface area (Å²) in [7, 11) is 0. The highest BCUT2D eigenvalue weighted by Gasteiger charge is 2.26. The lowest BCUT2D eigenvalue weighted by molar-refractivity contribution is -0.121. The molecule has 1 amide bonds. The van der Waals surface area contributed by atoms with Crippen molar-refractivity contribution in [2.24, 2.45) is 5.92 Å². The van der Waals surface area contributed by atoms with Crippen LogP contribution < -0.4 is 5.32 Å².